The van der Waals surface area contributed by atoms with Crippen molar-refractivity contribution in [3.63, 3.8) is 0 Å². The first-order valence-electron chi connectivity index (χ1n) is 12.8. The SMILES string of the molecule is O=C1[C@H]2C3c4ccccc4C(c4ccccc43)[C@@H]2C(=O)N1/N=C\c1ccc(OCc2ccc(Cl)cc2Cl)cc1. The third-order valence-electron chi connectivity index (χ3n) is 8.04. The van der Waals surface area contributed by atoms with Gasteiger partial charge in [0.25, 0.3) is 11.8 Å². The Balaban J connectivity index is 1.11. The molecule has 1 fully saturated rings. The second kappa shape index (κ2) is 9.37. The van der Waals surface area contributed by atoms with Crippen molar-refractivity contribution in [2.45, 2.75) is 18.4 Å². The number of benzene rings is 4. The number of ether oxygens (including phenoxy) is 1. The minimum absolute atomic E-state index is 0.144. The zero-order valence-electron chi connectivity index (χ0n) is 20.6. The summed E-state index contributed by atoms with van der Waals surface area (Å²) in [7, 11) is 0. The Hall–Kier alpha value is -3.93. The van der Waals surface area contributed by atoms with Gasteiger partial charge in [-0.25, -0.2) is 0 Å². The molecule has 8 rings (SSSR count). The fourth-order valence-corrected chi connectivity index (χ4v) is 6.81. The summed E-state index contributed by atoms with van der Waals surface area (Å²) in [6.45, 7) is 0.302. The van der Waals surface area contributed by atoms with Crippen molar-refractivity contribution in [1.29, 1.82) is 0 Å². The Morgan fingerprint density at radius 1 is 0.744 bits per heavy atom. The van der Waals surface area contributed by atoms with Crippen molar-refractivity contribution in [2.24, 2.45) is 16.9 Å². The molecule has 192 valence electrons. The number of hydrogen-bond acceptors (Lipinski definition) is 4. The van der Waals surface area contributed by atoms with Gasteiger partial charge in [-0.1, -0.05) is 77.8 Å². The summed E-state index contributed by atoms with van der Waals surface area (Å²) in [4.78, 5) is 27.3. The average molecular weight is 553 g/mol. The molecule has 7 heteroatoms. The zero-order valence-corrected chi connectivity index (χ0v) is 22.1. The molecular formula is C32H22Cl2N2O3. The molecule has 1 heterocycles. The van der Waals surface area contributed by atoms with Crippen molar-refractivity contribution in [1.82, 2.24) is 5.01 Å². The maximum absolute atomic E-state index is 13.7. The summed E-state index contributed by atoms with van der Waals surface area (Å²) in [5.74, 6) is -0.992. The number of carbonyl (C=O) groups is 2. The van der Waals surface area contributed by atoms with E-state index in [0.29, 0.717) is 22.4 Å². The molecule has 4 aromatic carbocycles. The lowest BCUT2D eigenvalue weighted by Crippen LogP contribution is -2.41. The number of imide groups is 1. The van der Waals surface area contributed by atoms with E-state index in [-0.39, 0.29) is 23.7 Å². The highest BCUT2D eigenvalue weighted by atomic mass is 35.5. The van der Waals surface area contributed by atoms with E-state index >= 15 is 0 Å². The number of carbonyl (C=O) groups excluding carboxylic acids is 2. The lowest BCUT2D eigenvalue weighted by atomic mass is 9.55. The molecule has 0 unspecified atom stereocenters. The average Bonchev–Trinajstić information content (AvgIpc) is 3.21. The van der Waals surface area contributed by atoms with Crippen LogP contribution in [0.4, 0.5) is 0 Å². The Kier molecular flexibility index (Phi) is 5.80. The van der Waals surface area contributed by atoms with Crippen molar-refractivity contribution in [3.8, 4) is 5.75 Å². The molecule has 4 aliphatic rings. The molecule has 4 aromatic rings. The molecule has 2 amide bonds. The van der Waals surface area contributed by atoms with E-state index < -0.39 is 11.8 Å². The number of rotatable bonds is 5. The van der Waals surface area contributed by atoms with Crippen LogP contribution in [0.1, 0.15) is 45.2 Å². The van der Waals surface area contributed by atoms with Crippen LogP contribution in [0, 0.1) is 11.8 Å². The Bertz CT molecular complexity index is 1550. The van der Waals surface area contributed by atoms with Gasteiger partial charge in [0, 0.05) is 27.4 Å². The first-order valence-corrected chi connectivity index (χ1v) is 13.5. The third kappa shape index (κ3) is 3.88. The third-order valence-corrected chi connectivity index (χ3v) is 8.62. The second-order valence-electron chi connectivity index (χ2n) is 10.1. The predicted molar refractivity (Wildman–Crippen MR) is 150 cm³/mol. The van der Waals surface area contributed by atoms with Crippen LogP contribution < -0.4 is 4.74 Å². The number of hydrogen-bond donors (Lipinski definition) is 0. The van der Waals surface area contributed by atoms with Crippen LogP contribution in [-0.4, -0.2) is 23.0 Å². The minimum atomic E-state index is -0.445. The number of halogens is 2. The highest BCUT2D eigenvalue weighted by Crippen LogP contribution is 2.60. The van der Waals surface area contributed by atoms with Gasteiger partial charge < -0.3 is 4.74 Å². The summed E-state index contributed by atoms with van der Waals surface area (Å²) < 4.78 is 5.85. The summed E-state index contributed by atoms with van der Waals surface area (Å²) in [5.41, 5.74) is 6.15. The van der Waals surface area contributed by atoms with Gasteiger partial charge in [0.15, 0.2) is 0 Å². The molecule has 5 nitrogen and oxygen atoms in total. The molecule has 2 atom stereocenters. The van der Waals surface area contributed by atoms with Gasteiger partial charge in [-0.2, -0.15) is 10.1 Å². The van der Waals surface area contributed by atoms with Gasteiger partial charge in [0.1, 0.15) is 12.4 Å². The molecule has 39 heavy (non-hydrogen) atoms. The number of amides is 2. The van der Waals surface area contributed by atoms with Crippen molar-refractivity contribution < 1.29 is 14.3 Å². The van der Waals surface area contributed by atoms with E-state index in [1.807, 2.05) is 54.6 Å². The van der Waals surface area contributed by atoms with E-state index in [0.717, 1.165) is 38.4 Å². The molecule has 0 saturated carbocycles. The van der Waals surface area contributed by atoms with Gasteiger partial charge in [-0.05, 0) is 64.2 Å². The molecule has 0 N–H and O–H groups in total. The Morgan fingerprint density at radius 2 is 1.28 bits per heavy atom. The van der Waals surface area contributed by atoms with Crippen LogP contribution in [0.3, 0.4) is 0 Å². The molecule has 3 aliphatic carbocycles. The maximum Gasteiger partial charge on any atom is 0.254 e. The first-order chi connectivity index (χ1) is 19.0. The van der Waals surface area contributed by atoms with Crippen molar-refractivity contribution in [2.75, 3.05) is 0 Å². The van der Waals surface area contributed by atoms with E-state index in [1.165, 1.54) is 0 Å². The molecular weight excluding hydrogens is 531 g/mol. The minimum Gasteiger partial charge on any atom is -0.489 e. The van der Waals surface area contributed by atoms with Crippen molar-refractivity contribution in [3.05, 3.63) is 134 Å². The Labute approximate surface area is 235 Å². The lowest BCUT2D eigenvalue weighted by Gasteiger charge is -2.45. The van der Waals surface area contributed by atoms with Gasteiger partial charge in [0.05, 0.1) is 18.1 Å². The van der Waals surface area contributed by atoms with Gasteiger partial charge in [-0.3, -0.25) is 9.59 Å². The molecule has 0 radical (unpaired) electrons. The largest absolute Gasteiger partial charge is 0.489 e. The van der Waals surface area contributed by atoms with E-state index in [1.54, 1.807) is 18.3 Å². The first kappa shape index (κ1) is 24.1. The summed E-state index contributed by atoms with van der Waals surface area (Å²) in [6.07, 6.45) is 1.55. The molecule has 0 aromatic heterocycles. The van der Waals surface area contributed by atoms with E-state index in [4.69, 9.17) is 27.9 Å². The van der Waals surface area contributed by atoms with Crippen LogP contribution >= 0.6 is 23.2 Å². The number of nitrogens with zero attached hydrogens (tertiary/aromatic N) is 2. The van der Waals surface area contributed by atoms with Crippen molar-refractivity contribution >= 4 is 41.2 Å². The van der Waals surface area contributed by atoms with Gasteiger partial charge >= 0.3 is 0 Å². The highest BCUT2D eigenvalue weighted by Gasteiger charge is 2.61. The normalized spacial score (nSPS) is 22.7. The summed E-state index contributed by atoms with van der Waals surface area (Å²) in [6, 6.07) is 28.9. The standard InChI is InChI=1S/C32H22Cl2N2O3/c33-20-12-11-19(26(34)15-20)17-39-21-13-9-18(10-14-21)16-35-36-31(37)29-27-22-5-1-2-6-23(22)28(30(29)32(36)38)25-8-4-3-7-24(25)27/h1-16,27-30H,17H2/b35-16-/t27?,28?,29-,30-/m0/s1. The van der Waals surface area contributed by atoms with E-state index in [2.05, 4.69) is 29.4 Å². The summed E-state index contributed by atoms with van der Waals surface area (Å²) in [5, 5.41) is 6.59. The van der Waals surface area contributed by atoms with Crippen LogP contribution in [0.5, 0.6) is 5.75 Å². The summed E-state index contributed by atoms with van der Waals surface area (Å²) >= 11 is 12.2. The monoisotopic (exact) mass is 552 g/mol. The van der Waals surface area contributed by atoms with Crippen LogP contribution in [0.15, 0.2) is 96.1 Å². The Morgan fingerprint density at radius 3 is 1.79 bits per heavy atom. The zero-order chi connectivity index (χ0) is 26.7. The quantitative estimate of drug-likeness (QED) is 0.202. The molecule has 0 spiro atoms. The lowest BCUT2D eigenvalue weighted by molar-refractivity contribution is -0.139. The molecule has 1 aliphatic heterocycles. The second-order valence-corrected chi connectivity index (χ2v) is 10.9. The molecule has 2 bridgehead atoms. The fourth-order valence-electron chi connectivity index (χ4n) is 6.35. The van der Waals surface area contributed by atoms with Gasteiger partial charge in [0.2, 0.25) is 0 Å². The topological polar surface area (TPSA) is 59.0 Å². The molecule has 1 saturated heterocycles. The van der Waals surface area contributed by atoms with Crippen LogP contribution in [0.25, 0.3) is 0 Å². The maximum atomic E-state index is 13.7. The highest BCUT2D eigenvalue weighted by molar-refractivity contribution is 6.35. The fraction of sp³-hybridized carbons (Fsp3) is 0.156. The smallest absolute Gasteiger partial charge is 0.254 e. The van der Waals surface area contributed by atoms with Crippen LogP contribution in [-0.2, 0) is 16.2 Å². The van der Waals surface area contributed by atoms with E-state index in [9.17, 15) is 9.59 Å². The van der Waals surface area contributed by atoms with Crippen LogP contribution in [0.2, 0.25) is 10.0 Å². The number of hydrazone groups is 1. The van der Waals surface area contributed by atoms with Gasteiger partial charge in [-0.15, -0.1) is 0 Å². The predicted octanol–water partition coefficient (Wildman–Crippen LogP) is 6.80.